The van der Waals surface area contributed by atoms with E-state index in [0.717, 1.165) is 12.5 Å². The van der Waals surface area contributed by atoms with E-state index in [9.17, 15) is 28.7 Å². The molecular formula is C19H27N4O7P. The quantitative estimate of drug-likeness (QED) is 0.167. The minimum absolute atomic E-state index is 0.0624. The van der Waals surface area contributed by atoms with E-state index < -0.39 is 43.3 Å². The van der Waals surface area contributed by atoms with E-state index in [-0.39, 0.29) is 16.8 Å². The van der Waals surface area contributed by atoms with Crippen LogP contribution in [0.3, 0.4) is 0 Å². The second kappa shape index (κ2) is 10.7. The smallest absolute Gasteiger partial charge is 0.336 e. The van der Waals surface area contributed by atoms with Crippen LogP contribution in [-0.4, -0.2) is 40.2 Å². The van der Waals surface area contributed by atoms with Crippen LogP contribution in [0.1, 0.15) is 31.7 Å². The molecule has 0 radical (unpaired) electrons. The number of hydrogen-bond donors (Lipinski definition) is 6. The summed E-state index contributed by atoms with van der Waals surface area (Å²) >= 11 is 0. The summed E-state index contributed by atoms with van der Waals surface area (Å²) < 4.78 is 16.4. The van der Waals surface area contributed by atoms with Crippen molar-refractivity contribution in [3.63, 3.8) is 0 Å². The molecule has 0 saturated carbocycles. The Labute approximate surface area is 178 Å². The molecule has 2 amide bonds. The van der Waals surface area contributed by atoms with Crippen molar-refractivity contribution in [1.29, 1.82) is 0 Å². The highest BCUT2D eigenvalue weighted by molar-refractivity contribution is 7.50. The number of carbonyl (C=O) groups is 2. The van der Waals surface area contributed by atoms with Gasteiger partial charge in [-0.1, -0.05) is 6.42 Å². The lowest BCUT2D eigenvalue weighted by atomic mass is 10.1. The molecule has 0 unspecified atom stereocenters. The Balaban J connectivity index is 2.09. The minimum Gasteiger partial charge on any atom is -0.423 e. The first-order chi connectivity index (χ1) is 14.5. The lowest BCUT2D eigenvalue weighted by Crippen LogP contribution is -2.48. The Morgan fingerprint density at radius 2 is 1.90 bits per heavy atom. The van der Waals surface area contributed by atoms with Gasteiger partial charge >= 0.3 is 13.2 Å². The SMILES string of the molecule is C[C@H](NC(=O)[C@@H](N)CCCCN)C(=O)Nc1ccc2c(CP(=O)(O)O)cc(=O)oc2c1. The van der Waals surface area contributed by atoms with Crippen molar-refractivity contribution >= 4 is 36.1 Å². The number of hydrogen-bond acceptors (Lipinski definition) is 7. The summed E-state index contributed by atoms with van der Waals surface area (Å²) in [7, 11) is -4.40. The lowest BCUT2D eigenvalue weighted by Gasteiger charge is -2.17. The average molecular weight is 454 g/mol. The predicted molar refractivity (Wildman–Crippen MR) is 115 cm³/mol. The number of carbonyl (C=O) groups excluding carboxylic acids is 2. The Kier molecular flexibility index (Phi) is 8.49. The zero-order valence-corrected chi connectivity index (χ0v) is 17.9. The topological polar surface area (TPSA) is 198 Å². The van der Waals surface area contributed by atoms with Crippen LogP contribution in [0.2, 0.25) is 0 Å². The highest BCUT2D eigenvalue weighted by atomic mass is 31.2. The molecule has 2 rings (SSSR count). The van der Waals surface area contributed by atoms with Crippen molar-refractivity contribution in [2.24, 2.45) is 11.5 Å². The molecule has 11 nitrogen and oxygen atoms in total. The maximum Gasteiger partial charge on any atom is 0.336 e. The van der Waals surface area contributed by atoms with Gasteiger partial charge in [0.05, 0.1) is 12.2 Å². The van der Waals surface area contributed by atoms with Crippen molar-refractivity contribution in [2.45, 2.75) is 44.4 Å². The highest BCUT2D eigenvalue weighted by Gasteiger charge is 2.21. The Morgan fingerprint density at radius 3 is 2.55 bits per heavy atom. The molecule has 0 spiro atoms. The molecule has 0 bridgehead atoms. The van der Waals surface area contributed by atoms with E-state index in [1.54, 1.807) is 0 Å². The molecule has 2 atom stereocenters. The number of fused-ring (bicyclic) bond motifs is 1. The van der Waals surface area contributed by atoms with Crippen LogP contribution < -0.4 is 27.7 Å². The molecule has 1 heterocycles. The van der Waals surface area contributed by atoms with Gasteiger partial charge in [0.15, 0.2) is 0 Å². The van der Waals surface area contributed by atoms with E-state index in [4.69, 9.17) is 15.9 Å². The van der Waals surface area contributed by atoms with Crippen molar-refractivity contribution < 1.29 is 28.4 Å². The van der Waals surface area contributed by atoms with E-state index in [1.165, 1.54) is 25.1 Å². The van der Waals surface area contributed by atoms with Gasteiger partial charge in [-0.3, -0.25) is 14.2 Å². The third-order valence-corrected chi connectivity index (χ3v) is 5.28. The summed E-state index contributed by atoms with van der Waals surface area (Å²) in [6, 6.07) is 3.74. The monoisotopic (exact) mass is 454 g/mol. The minimum atomic E-state index is -4.40. The van der Waals surface area contributed by atoms with Crippen LogP contribution in [0.15, 0.2) is 33.5 Å². The summed E-state index contributed by atoms with van der Waals surface area (Å²) in [6.07, 6.45) is 1.30. The molecule has 1 aromatic heterocycles. The molecular weight excluding hydrogens is 427 g/mol. The molecule has 0 aliphatic rings. The summed E-state index contributed by atoms with van der Waals surface area (Å²) in [5, 5.41) is 5.47. The zero-order valence-electron chi connectivity index (χ0n) is 17.0. The van der Waals surface area contributed by atoms with Gasteiger partial charge in [0.25, 0.3) is 0 Å². The van der Waals surface area contributed by atoms with Gasteiger partial charge < -0.3 is 36.3 Å². The second-order valence-corrected chi connectivity index (χ2v) is 8.88. The van der Waals surface area contributed by atoms with Crippen molar-refractivity contribution in [3.8, 4) is 0 Å². The van der Waals surface area contributed by atoms with Gasteiger partial charge in [-0.25, -0.2) is 4.79 Å². The molecule has 0 aliphatic heterocycles. The van der Waals surface area contributed by atoms with E-state index in [0.29, 0.717) is 24.8 Å². The predicted octanol–water partition coefficient (Wildman–Crippen LogP) is 0.370. The molecule has 2 aromatic rings. The molecule has 31 heavy (non-hydrogen) atoms. The fraction of sp³-hybridized carbons (Fsp3) is 0.421. The van der Waals surface area contributed by atoms with Crippen LogP contribution in [0.25, 0.3) is 11.0 Å². The number of amides is 2. The van der Waals surface area contributed by atoms with Crippen LogP contribution in [-0.2, 0) is 20.3 Å². The summed E-state index contributed by atoms with van der Waals surface area (Å²) in [5.74, 6) is -0.971. The lowest BCUT2D eigenvalue weighted by molar-refractivity contribution is -0.127. The summed E-state index contributed by atoms with van der Waals surface area (Å²) in [5.41, 5.74) is 10.9. The molecule has 0 saturated heterocycles. The van der Waals surface area contributed by atoms with E-state index in [2.05, 4.69) is 10.6 Å². The summed E-state index contributed by atoms with van der Waals surface area (Å²) in [6.45, 7) is 2.01. The Hall–Kier alpha value is -2.56. The first-order valence-corrected chi connectivity index (χ1v) is 11.5. The van der Waals surface area contributed by atoms with Crippen LogP contribution in [0.4, 0.5) is 5.69 Å². The number of nitrogens with one attached hydrogen (secondary N) is 2. The van der Waals surface area contributed by atoms with Gasteiger partial charge in [-0.15, -0.1) is 0 Å². The first kappa shape index (κ1) is 24.7. The first-order valence-electron chi connectivity index (χ1n) is 9.68. The fourth-order valence-corrected chi connectivity index (χ4v) is 3.64. The molecule has 170 valence electrons. The molecule has 1 aromatic carbocycles. The van der Waals surface area contributed by atoms with Crippen LogP contribution in [0, 0.1) is 0 Å². The van der Waals surface area contributed by atoms with E-state index in [1.807, 2.05) is 0 Å². The molecule has 12 heteroatoms. The van der Waals surface area contributed by atoms with Gasteiger partial charge in [0, 0.05) is 23.2 Å². The Morgan fingerprint density at radius 1 is 1.19 bits per heavy atom. The van der Waals surface area contributed by atoms with Gasteiger partial charge in [-0.05, 0) is 44.0 Å². The zero-order chi connectivity index (χ0) is 23.2. The number of rotatable bonds is 10. The van der Waals surface area contributed by atoms with E-state index >= 15 is 0 Å². The van der Waals surface area contributed by atoms with Crippen molar-refractivity contribution in [2.75, 3.05) is 11.9 Å². The second-order valence-electron chi connectivity index (χ2n) is 7.23. The average Bonchev–Trinajstić information content (AvgIpc) is 2.66. The number of unbranched alkanes of at least 4 members (excludes halogenated alkanes) is 1. The molecule has 0 aliphatic carbocycles. The Bertz CT molecular complexity index is 1050. The molecule has 0 fully saturated rings. The largest absolute Gasteiger partial charge is 0.423 e. The van der Waals surface area contributed by atoms with Gasteiger partial charge in [0.1, 0.15) is 11.6 Å². The maximum absolute atomic E-state index is 12.4. The normalized spacial score (nSPS) is 13.6. The third kappa shape index (κ3) is 7.57. The standard InChI is InChI=1S/C19H27N4O7P/c1-11(22-19(26)15(21)4-2-3-7-20)18(25)23-13-5-6-14-12(10-31(27,28)29)8-17(24)30-16(14)9-13/h5-6,8-9,11,15H,2-4,7,10,20-21H2,1H3,(H,22,26)(H,23,25)(H2,27,28,29)/t11-,15-/m0/s1. The van der Waals surface area contributed by atoms with Crippen LogP contribution >= 0.6 is 7.60 Å². The molecule has 8 N–H and O–H groups in total. The number of nitrogens with two attached hydrogens (primary N) is 2. The van der Waals surface area contributed by atoms with Crippen molar-refractivity contribution in [3.05, 3.63) is 40.2 Å². The number of benzene rings is 1. The number of anilines is 1. The maximum atomic E-state index is 12.4. The highest BCUT2D eigenvalue weighted by Crippen LogP contribution is 2.40. The summed E-state index contributed by atoms with van der Waals surface area (Å²) in [4.78, 5) is 54.7. The van der Waals surface area contributed by atoms with Gasteiger partial charge in [0.2, 0.25) is 11.8 Å². The fourth-order valence-electron chi connectivity index (χ4n) is 2.94. The van der Waals surface area contributed by atoms with Crippen LogP contribution in [0.5, 0.6) is 0 Å². The van der Waals surface area contributed by atoms with Gasteiger partial charge in [-0.2, -0.15) is 0 Å². The van der Waals surface area contributed by atoms with Crippen molar-refractivity contribution in [1.82, 2.24) is 5.32 Å². The third-order valence-electron chi connectivity index (χ3n) is 4.53.